The molecule has 2 atom stereocenters. The Kier molecular flexibility index (Phi) is 3.43. The summed E-state index contributed by atoms with van der Waals surface area (Å²) in [5.41, 5.74) is 0.868. The molecule has 0 aromatic carbocycles. The van der Waals surface area contributed by atoms with E-state index in [0.29, 0.717) is 17.0 Å². The first kappa shape index (κ1) is 10.7. The van der Waals surface area contributed by atoms with Gasteiger partial charge in [-0.2, -0.15) is 0 Å². The highest BCUT2D eigenvalue weighted by Crippen LogP contribution is 2.09. The Morgan fingerprint density at radius 3 is 3.20 bits per heavy atom. The summed E-state index contributed by atoms with van der Waals surface area (Å²) in [5.74, 6) is 0.628. The predicted molar refractivity (Wildman–Crippen MR) is 59.1 cm³/mol. The summed E-state index contributed by atoms with van der Waals surface area (Å²) in [5, 5.41) is 3.79. The zero-order chi connectivity index (χ0) is 10.7. The number of hydrogen-bond acceptors (Lipinski definition) is 4. The minimum Gasteiger partial charge on any atom is -0.313 e. The van der Waals surface area contributed by atoms with Gasteiger partial charge in [0.2, 0.25) is 5.16 Å². The van der Waals surface area contributed by atoms with Crippen LogP contribution in [0, 0.1) is 6.92 Å². The summed E-state index contributed by atoms with van der Waals surface area (Å²) < 4.78 is 11.9. The molecule has 0 bridgehead atoms. The van der Waals surface area contributed by atoms with Crippen molar-refractivity contribution in [1.29, 1.82) is 0 Å². The van der Waals surface area contributed by atoms with E-state index < -0.39 is 10.8 Å². The van der Waals surface area contributed by atoms with E-state index in [1.54, 1.807) is 6.20 Å². The molecule has 0 unspecified atom stereocenters. The Morgan fingerprint density at radius 1 is 1.67 bits per heavy atom. The number of hydrogen-bond donors (Lipinski definition) is 1. The number of aryl methyl sites for hydroxylation is 1. The van der Waals surface area contributed by atoms with Crippen molar-refractivity contribution >= 4 is 10.8 Å². The van der Waals surface area contributed by atoms with Gasteiger partial charge in [-0.05, 0) is 32.4 Å². The molecular formula is C10H15N3OS. The van der Waals surface area contributed by atoms with Crippen molar-refractivity contribution in [3.8, 4) is 0 Å². The summed E-state index contributed by atoms with van der Waals surface area (Å²) in [7, 11) is -1.07. The maximum Gasteiger partial charge on any atom is 0.218 e. The van der Waals surface area contributed by atoms with Crippen molar-refractivity contribution in [1.82, 2.24) is 15.3 Å². The molecular weight excluding hydrogens is 210 g/mol. The molecule has 0 saturated carbocycles. The van der Waals surface area contributed by atoms with Crippen LogP contribution in [0.25, 0.3) is 0 Å². The number of aromatic nitrogens is 2. The third kappa shape index (κ3) is 2.82. The normalized spacial score (nSPS) is 22.9. The summed E-state index contributed by atoms with van der Waals surface area (Å²) in [6.45, 7) is 2.92. The fourth-order valence-corrected chi connectivity index (χ4v) is 2.92. The molecule has 0 aliphatic carbocycles. The van der Waals surface area contributed by atoms with Gasteiger partial charge in [-0.25, -0.2) is 9.97 Å². The lowest BCUT2D eigenvalue weighted by atomic mass is 10.3. The minimum absolute atomic E-state index is 0.370. The van der Waals surface area contributed by atoms with E-state index in [9.17, 15) is 4.21 Å². The third-order valence-electron chi connectivity index (χ3n) is 2.49. The second-order valence-corrected chi connectivity index (χ2v) is 5.18. The van der Waals surface area contributed by atoms with Crippen LogP contribution in [0.4, 0.5) is 0 Å². The maximum atomic E-state index is 11.9. The van der Waals surface area contributed by atoms with Crippen molar-refractivity contribution in [2.45, 2.75) is 31.0 Å². The second kappa shape index (κ2) is 4.81. The summed E-state index contributed by atoms with van der Waals surface area (Å²) in [6.07, 6.45) is 3.95. The van der Waals surface area contributed by atoms with Gasteiger partial charge < -0.3 is 5.32 Å². The van der Waals surface area contributed by atoms with Gasteiger partial charge in [0.25, 0.3) is 0 Å². The number of nitrogens with one attached hydrogen (secondary N) is 1. The highest BCUT2D eigenvalue weighted by Gasteiger charge is 2.18. The average molecular weight is 225 g/mol. The first-order valence-electron chi connectivity index (χ1n) is 5.17. The second-order valence-electron chi connectivity index (χ2n) is 3.79. The van der Waals surface area contributed by atoms with Crippen LogP contribution < -0.4 is 5.32 Å². The van der Waals surface area contributed by atoms with Gasteiger partial charge in [-0.1, -0.05) is 0 Å². The number of rotatable bonds is 3. The molecule has 0 amide bonds. The molecule has 15 heavy (non-hydrogen) atoms. The zero-order valence-electron chi connectivity index (χ0n) is 8.77. The van der Waals surface area contributed by atoms with Gasteiger partial charge >= 0.3 is 0 Å². The molecule has 0 radical (unpaired) electrons. The van der Waals surface area contributed by atoms with Gasteiger partial charge in [0.15, 0.2) is 0 Å². The molecule has 2 rings (SSSR count). The lowest BCUT2D eigenvalue weighted by molar-refractivity contribution is 0.637. The lowest BCUT2D eigenvalue weighted by Gasteiger charge is -2.08. The molecule has 1 aliphatic rings. The van der Waals surface area contributed by atoms with E-state index in [0.717, 1.165) is 18.7 Å². The molecule has 2 heterocycles. The SMILES string of the molecule is Cc1ccnc([S@@](=O)C[C@H]2CCCN2)n1. The van der Waals surface area contributed by atoms with Crippen LogP contribution in [0.15, 0.2) is 17.4 Å². The fraction of sp³-hybridized carbons (Fsp3) is 0.600. The Labute approximate surface area is 92.0 Å². The largest absolute Gasteiger partial charge is 0.313 e. The molecule has 1 N–H and O–H groups in total. The van der Waals surface area contributed by atoms with Gasteiger partial charge in [-0.3, -0.25) is 4.21 Å². The van der Waals surface area contributed by atoms with Crippen LogP contribution in [0.5, 0.6) is 0 Å². The predicted octanol–water partition coefficient (Wildman–Crippen LogP) is 0.645. The molecule has 1 aromatic heterocycles. The molecule has 1 aromatic rings. The van der Waals surface area contributed by atoms with Crippen LogP contribution in [0.1, 0.15) is 18.5 Å². The van der Waals surface area contributed by atoms with E-state index in [1.807, 2.05) is 13.0 Å². The van der Waals surface area contributed by atoms with Crippen molar-refractivity contribution in [2.24, 2.45) is 0 Å². The molecule has 4 nitrogen and oxygen atoms in total. The Bertz CT molecular complexity index is 363. The van der Waals surface area contributed by atoms with E-state index in [-0.39, 0.29) is 0 Å². The highest BCUT2D eigenvalue weighted by atomic mass is 32.2. The summed E-state index contributed by atoms with van der Waals surface area (Å²) in [6, 6.07) is 2.18. The maximum absolute atomic E-state index is 11.9. The van der Waals surface area contributed by atoms with Crippen LogP contribution in [-0.4, -0.2) is 32.5 Å². The first-order valence-corrected chi connectivity index (χ1v) is 6.49. The van der Waals surface area contributed by atoms with Gasteiger partial charge in [0.1, 0.15) is 0 Å². The number of nitrogens with zero attached hydrogens (tertiary/aromatic N) is 2. The third-order valence-corrected chi connectivity index (χ3v) is 3.80. The lowest BCUT2D eigenvalue weighted by Crippen LogP contribution is -2.28. The zero-order valence-corrected chi connectivity index (χ0v) is 9.59. The fourth-order valence-electron chi connectivity index (χ4n) is 1.69. The van der Waals surface area contributed by atoms with Crippen molar-refractivity contribution in [2.75, 3.05) is 12.3 Å². The van der Waals surface area contributed by atoms with Crippen molar-refractivity contribution in [3.05, 3.63) is 18.0 Å². The Morgan fingerprint density at radius 2 is 2.53 bits per heavy atom. The van der Waals surface area contributed by atoms with Crippen molar-refractivity contribution in [3.63, 3.8) is 0 Å². The molecule has 82 valence electrons. The summed E-state index contributed by atoms with van der Waals surface area (Å²) >= 11 is 0. The van der Waals surface area contributed by atoms with E-state index in [2.05, 4.69) is 15.3 Å². The van der Waals surface area contributed by atoms with Gasteiger partial charge in [-0.15, -0.1) is 0 Å². The Balaban J connectivity index is 2.01. The quantitative estimate of drug-likeness (QED) is 0.767. The van der Waals surface area contributed by atoms with Gasteiger partial charge in [0.05, 0.1) is 10.8 Å². The van der Waals surface area contributed by atoms with E-state index in [4.69, 9.17) is 0 Å². The Hall–Kier alpha value is -0.810. The molecule has 1 aliphatic heterocycles. The topological polar surface area (TPSA) is 54.9 Å². The average Bonchev–Trinajstić information content (AvgIpc) is 2.70. The highest BCUT2D eigenvalue weighted by molar-refractivity contribution is 7.84. The molecule has 1 saturated heterocycles. The standard InChI is InChI=1S/C10H15N3OS/c1-8-4-6-12-10(13-8)15(14)7-9-3-2-5-11-9/h4,6,9,11H,2-3,5,7H2,1H3/t9-,15+/m1/s1. The van der Waals surface area contributed by atoms with Crippen LogP contribution in [0.2, 0.25) is 0 Å². The van der Waals surface area contributed by atoms with E-state index in [1.165, 1.54) is 6.42 Å². The monoisotopic (exact) mass is 225 g/mol. The van der Waals surface area contributed by atoms with Crippen LogP contribution in [0.3, 0.4) is 0 Å². The minimum atomic E-state index is -1.07. The molecule has 1 fully saturated rings. The van der Waals surface area contributed by atoms with Crippen LogP contribution >= 0.6 is 0 Å². The smallest absolute Gasteiger partial charge is 0.218 e. The van der Waals surface area contributed by atoms with Crippen LogP contribution in [-0.2, 0) is 10.8 Å². The van der Waals surface area contributed by atoms with Crippen molar-refractivity contribution < 1.29 is 4.21 Å². The summed E-state index contributed by atoms with van der Waals surface area (Å²) in [4.78, 5) is 8.22. The molecule has 0 spiro atoms. The molecule has 5 heteroatoms. The van der Waals surface area contributed by atoms with Gasteiger partial charge in [0, 0.05) is 23.7 Å². The van der Waals surface area contributed by atoms with E-state index >= 15 is 0 Å². The first-order chi connectivity index (χ1) is 7.25.